The van der Waals surface area contributed by atoms with Gasteiger partial charge >= 0.3 is 0 Å². The summed E-state index contributed by atoms with van der Waals surface area (Å²) in [6.45, 7) is 3.60. The molecule has 102 valence electrons. The van der Waals surface area contributed by atoms with Crippen molar-refractivity contribution in [2.45, 2.75) is 38.1 Å². The van der Waals surface area contributed by atoms with Crippen molar-refractivity contribution in [1.29, 1.82) is 0 Å². The first-order valence-electron chi connectivity index (χ1n) is 6.90. The van der Waals surface area contributed by atoms with E-state index in [0.29, 0.717) is 0 Å². The van der Waals surface area contributed by atoms with Crippen molar-refractivity contribution >= 4 is 27.3 Å². The number of nitrogens with one attached hydrogen (secondary N) is 1. The maximum absolute atomic E-state index is 3.62. The van der Waals surface area contributed by atoms with Gasteiger partial charge in [0.15, 0.2) is 0 Å². The third-order valence-electron chi connectivity index (χ3n) is 3.64. The van der Waals surface area contributed by atoms with Crippen LogP contribution in [-0.4, -0.2) is 37.6 Å². The van der Waals surface area contributed by atoms with Gasteiger partial charge in [0.2, 0.25) is 0 Å². The fourth-order valence-corrected chi connectivity index (χ4v) is 3.92. The maximum atomic E-state index is 3.62. The summed E-state index contributed by atoms with van der Waals surface area (Å²) >= 11 is 5.37. The van der Waals surface area contributed by atoms with E-state index in [4.69, 9.17) is 0 Å². The molecule has 2 rings (SSSR count). The molecule has 0 aromatic carbocycles. The van der Waals surface area contributed by atoms with Crippen molar-refractivity contribution < 1.29 is 0 Å². The molecule has 0 radical (unpaired) electrons. The van der Waals surface area contributed by atoms with Crippen LogP contribution in [0.4, 0.5) is 0 Å². The number of rotatable bonds is 6. The minimum Gasteiger partial charge on any atom is -0.314 e. The Morgan fingerprint density at radius 2 is 2.28 bits per heavy atom. The monoisotopic (exact) mass is 330 g/mol. The Bertz CT molecular complexity index is 347. The normalized spacial score (nSPS) is 20.5. The number of piperidine rings is 1. The Morgan fingerprint density at radius 3 is 2.94 bits per heavy atom. The second-order valence-corrected chi connectivity index (χ2v) is 7.74. The molecule has 0 saturated carbocycles. The average Bonchev–Trinajstić information content (AvgIpc) is 2.81. The van der Waals surface area contributed by atoms with Gasteiger partial charge in [-0.05, 0) is 73.9 Å². The SMILES string of the molecule is CN(CCc1ccc(Br)s1)CCC1CCCCN1. The standard InChI is InChI=1S/C14H23BrN2S/c1-17(10-7-12-4-2-3-9-16-12)11-8-13-5-6-14(15)18-13/h5-6,12,16H,2-4,7-11H2,1H3. The maximum Gasteiger partial charge on any atom is 0.0701 e. The highest BCUT2D eigenvalue weighted by Crippen LogP contribution is 2.22. The molecule has 1 aliphatic heterocycles. The zero-order valence-corrected chi connectivity index (χ0v) is 13.5. The molecule has 0 aliphatic carbocycles. The third kappa shape index (κ3) is 5.00. The third-order valence-corrected chi connectivity index (χ3v) is 5.32. The first-order chi connectivity index (χ1) is 8.74. The van der Waals surface area contributed by atoms with Gasteiger partial charge in [-0.15, -0.1) is 11.3 Å². The highest BCUT2D eigenvalue weighted by molar-refractivity contribution is 9.11. The van der Waals surface area contributed by atoms with Gasteiger partial charge in [-0.1, -0.05) is 6.42 Å². The minimum absolute atomic E-state index is 0.761. The molecule has 0 amide bonds. The molecule has 1 unspecified atom stereocenters. The van der Waals surface area contributed by atoms with Gasteiger partial charge in [-0.3, -0.25) is 0 Å². The van der Waals surface area contributed by atoms with Crippen LogP contribution in [0, 0.1) is 0 Å². The number of thiophene rings is 1. The van der Waals surface area contributed by atoms with E-state index in [1.807, 2.05) is 11.3 Å². The van der Waals surface area contributed by atoms with E-state index in [-0.39, 0.29) is 0 Å². The first-order valence-corrected chi connectivity index (χ1v) is 8.51. The summed E-state index contributed by atoms with van der Waals surface area (Å²) in [4.78, 5) is 3.94. The fraction of sp³-hybridized carbons (Fsp3) is 0.714. The van der Waals surface area contributed by atoms with Crippen LogP contribution >= 0.6 is 27.3 Å². The van der Waals surface area contributed by atoms with Crippen LogP contribution in [0.15, 0.2) is 15.9 Å². The van der Waals surface area contributed by atoms with E-state index in [9.17, 15) is 0 Å². The molecule has 0 spiro atoms. The first kappa shape index (κ1) is 14.5. The summed E-state index contributed by atoms with van der Waals surface area (Å²) in [5.41, 5.74) is 0. The number of halogens is 1. The summed E-state index contributed by atoms with van der Waals surface area (Å²) in [5.74, 6) is 0. The number of hydrogen-bond acceptors (Lipinski definition) is 3. The van der Waals surface area contributed by atoms with Crippen LogP contribution in [0.3, 0.4) is 0 Å². The quantitative estimate of drug-likeness (QED) is 0.858. The Balaban J connectivity index is 1.61. The van der Waals surface area contributed by atoms with Crippen molar-refractivity contribution in [2.75, 3.05) is 26.7 Å². The molecule has 1 saturated heterocycles. The molecule has 1 aromatic heterocycles. The van der Waals surface area contributed by atoms with Crippen LogP contribution in [0.1, 0.15) is 30.6 Å². The molecule has 2 heterocycles. The highest BCUT2D eigenvalue weighted by atomic mass is 79.9. The highest BCUT2D eigenvalue weighted by Gasteiger charge is 2.12. The second-order valence-electron chi connectivity index (χ2n) is 5.19. The van der Waals surface area contributed by atoms with Gasteiger partial charge in [0.1, 0.15) is 0 Å². The molecule has 2 nitrogen and oxygen atoms in total. The van der Waals surface area contributed by atoms with E-state index in [2.05, 4.69) is 45.3 Å². The zero-order chi connectivity index (χ0) is 12.8. The van der Waals surface area contributed by atoms with Crippen molar-refractivity contribution in [3.05, 3.63) is 20.8 Å². The van der Waals surface area contributed by atoms with Gasteiger partial charge in [-0.2, -0.15) is 0 Å². The summed E-state index contributed by atoms with van der Waals surface area (Å²) in [7, 11) is 2.24. The largest absolute Gasteiger partial charge is 0.314 e. The van der Waals surface area contributed by atoms with E-state index in [1.54, 1.807) is 0 Å². The lowest BCUT2D eigenvalue weighted by Crippen LogP contribution is -2.37. The summed E-state index contributed by atoms with van der Waals surface area (Å²) in [6, 6.07) is 5.13. The van der Waals surface area contributed by atoms with E-state index in [1.165, 1.54) is 60.4 Å². The lowest BCUT2D eigenvalue weighted by molar-refractivity contribution is 0.290. The molecule has 1 aliphatic rings. The van der Waals surface area contributed by atoms with Crippen LogP contribution in [0.25, 0.3) is 0 Å². The van der Waals surface area contributed by atoms with Crippen molar-refractivity contribution in [3.63, 3.8) is 0 Å². The lowest BCUT2D eigenvalue weighted by atomic mass is 10.0. The Labute approximate surface area is 123 Å². The summed E-state index contributed by atoms with van der Waals surface area (Å²) < 4.78 is 1.24. The topological polar surface area (TPSA) is 15.3 Å². The molecule has 1 atom stereocenters. The molecular formula is C14H23BrN2S. The minimum atomic E-state index is 0.761. The number of nitrogens with zero attached hydrogens (tertiary/aromatic N) is 1. The average molecular weight is 331 g/mol. The number of likely N-dealkylation sites (N-methyl/N-ethyl adjacent to an activating group) is 1. The molecule has 18 heavy (non-hydrogen) atoms. The van der Waals surface area contributed by atoms with E-state index in [0.717, 1.165) is 6.04 Å². The van der Waals surface area contributed by atoms with Crippen LogP contribution in [0.5, 0.6) is 0 Å². The van der Waals surface area contributed by atoms with Crippen LogP contribution in [-0.2, 0) is 6.42 Å². The zero-order valence-electron chi connectivity index (χ0n) is 11.1. The smallest absolute Gasteiger partial charge is 0.0701 e. The second kappa shape index (κ2) is 7.63. The Kier molecular flexibility index (Phi) is 6.15. The van der Waals surface area contributed by atoms with E-state index >= 15 is 0 Å². The van der Waals surface area contributed by atoms with Crippen molar-refractivity contribution in [2.24, 2.45) is 0 Å². The van der Waals surface area contributed by atoms with Crippen molar-refractivity contribution in [3.8, 4) is 0 Å². The lowest BCUT2D eigenvalue weighted by Gasteiger charge is -2.25. The van der Waals surface area contributed by atoms with Crippen LogP contribution in [0.2, 0.25) is 0 Å². The van der Waals surface area contributed by atoms with Gasteiger partial charge in [0.05, 0.1) is 3.79 Å². The molecule has 4 heteroatoms. The molecule has 1 fully saturated rings. The number of hydrogen-bond donors (Lipinski definition) is 1. The molecule has 0 bridgehead atoms. The van der Waals surface area contributed by atoms with Gasteiger partial charge < -0.3 is 10.2 Å². The Morgan fingerprint density at radius 1 is 1.39 bits per heavy atom. The van der Waals surface area contributed by atoms with Gasteiger partial charge in [0.25, 0.3) is 0 Å². The van der Waals surface area contributed by atoms with Crippen LogP contribution < -0.4 is 5.32 Å². The summed E-state index contributed by atoms with van der Waals surface area (Å²) in [5, 5.41) is 3.62. The van der Waals surface area contributed by atoms with Gasteiger partial charge in [-0.25, -0.2) is 0 Å². The van der Waals surface area contributed by atoms with E-state index < -0.39 is 0 Å². The van der Waals surface area contributed by atoms with Gasteiger partial charge in [0, 0.05) is 17.5 Å². The molecule has 1 N–H and O–H groups in total. The predicted octanol–water partition coefficient (Wildman–Crippen LogP) is 3.52. The molecule has 1 aromatic rings. The fourth-order valence-electron chi connectivity index (χ4n) is 2.45. The summed E-state index contributed by atoms with van der Waals surface area (Å²) in [6.07, 6.45) is 6.60. The van der Waals surface area contributed by atoms with Crippen molar-refractivity contribution in [1.82, 2.24) is 10.2 Å². The Hall–Kier alpha value is 0.1000. The molecular weight excluding hydrogens is 308 g/mol. The predicted molar refractivity (Wildman–Crippen MR) is 83.5 cm³/mol.